The maximum Gasteiger partial charge on any atom is 0.307 e. The Hall–Kier alpha value is -0.790. The lowest BCUT2D eigenvalue weighted by atomic mass is 9.52. The van der Waals surface area contributed by atoms with Crippen LogP contribution in [-0.2, 0) is 9.53 Å². The lowest BCUT2D eigenvalue weighted by Crippen LogP contribution is -2.58. The number of carbonyl (C=O) groups excluding carboxylic acids is 1. The van der Waals surface area contributed by atoms with Crippen LogP contribution in [0.4, 0.5) is 0 Å². The molecule has 0 aromatic carbocycles. The standard InChI is InChI=1S/C10H14O2/c1-4-10-7(5-8(11)12-10)6-9(10,2)3/h4,7H,1,5-6H2,2-3H3/t7-,10-/m0/s1. The van der Waals surface area contributed by atoms with Gasteiger partial charge >= 0.3 is 5.97 Å². The molecule has 2 aliphatic rings. The van der Waals surface area contributed by atoms with Crippen LogP contribution >= 0.6 is 0 Å². The van der Waals surface area contributed by atoms with E-state index in [1.165, 1.54) is 0 Å². The summed E-state index contributed by atoms with van der Waals surface area (Å²) in [6.07, 6.45) is 3.46. The van der Waals surface area contributed by atoms with Gasteiger partial charge in [0.15, 0.2) is 0 Å². The fraction of sp³-hybridized carbons (Fsp3) is 0.700. The summed E-state index contributed by atoms with van der Waals surface area (Å²) in [6.45, 7) is 8.03. The monoisotopic (exact) mass is 166 g/mol. The van der Waals surface area contributed by atoms with Gasteiger partial charge in [0.2, 0.25) is 0 Å². The molecule has 0 radical (unpaired) electrons. The van der Waals surface area contributed by atoms with Gasteiger partial charge in [-0.25, -0.2) is 0 Å². The molecule has 0 spiro atoms. The van der Waals surface area contributed by atoms with Crippen molar-refractivity contribution in [1.29, 1.82) is 0 Å². The second-order valence-corrected chi connectivity index (χ2v) is 4.46. The highest BCUT2D eigenvalue weighted by atomic mass is 16.6. The van der Waals surface area contributed by atoms with E-state index in [0.717, 1.165) is 6.42 Å². The van der Waals surface area contributed by atoms with Gasteiger partial charge in [-0.05, 0) is 12.5 Å². The molecule has 0 aromatic heterocycles. The van der Waals surface area contributed by atoms with Crippen molar-refractivity contribution in [2.24, 2.45) is 11.3 Å². The molecule has 1 aliphatic heterocycles. The average Bonchev–Trinajstić information content (AvgIpc) is 2.24. The SMILES string of the molecule is C=C[C@]12OC(=O)C[C@H]1CC2(C)C. The summed E-state index contributed by atoms with van der Waals surface area (Å²) in [5.41, 5.74) is -0.254. The fourth-order valence-electron chi connectivity index (χ4n) is 2.71. The summed E-state index contributed by atoms with van der Waals surface area (Å²) in [7, 11) is 0. The first-order chi connectivity index (χ1) is 5.52. The van der Waals surface area contributed by atoms with Gasteiger partial charge in [0, 0.05) is 11.3 Å². The summed E-state index contributed by atoms with van der Waals surface area (Å²) >= 11 is 0. The first kappa shape index (κ1) is 7.84. The molecule has 0 N–H and O–H groups in total. The minimum Gasteiger partial charge on any atom is -0.454 e. The average molecular weight is 166 g/mol. The molecule has 2 heteroatoms. The topological polar surface area (TPSA) is 26.3 Å². The highest BCUT2D eigenvalue weighted by Gasteiger charge is 2.65. The number of hydrogen-bond acceptors (Lipinski definition) is 2. The number of fused-ring (bicyclic) bond motifs is 1. The van der Waals surface area contributed by atoms with Crippen LogP contribution in [0.3, 0.4) is 0 Å². The minimum atomic E-state index is -0.343. The normalized spacial score (nSPS) is 42.8. The van der Waals surface area contributed by atoms with Gasteiger partial charge in [0.25, 0.3) is 0 Å². The minimum absolute atomic E-state index is 0.0644. The molecule has 0 unspecified atom stereocenters. The molecule has 1 heterocycles. The summed E-state index contributed by atoms with van der Waals surface area (Å²) in [5, 5.41) is 0. The predicted molar refractivity (Wildman–Crippen MR) is 45.5 cm³/mol. The number of hydrogen-bond donors (Lipinski definition) is 0. The number of carbonyl (C=O) groups is 1. The zero-order valence-electron chi connectivity index (χ0n) is 7.59. The highest BCUT2D eigenvalue weighted by Crippen LogP contribution is 2.61. The third-order valence-corrected chi connectivity index (χ3v) is 3.42. The molecule has 1 saturated heterocycles. The maximum absolute atomic E-state index is 11.1. The maximum atomic E-state index is 11.1. The summed E-state index contributed by atoms with van der Waals surface area (Å²) in [5.74, 6) is 0.322. The second kappa shape index (κ2) is 1.93. The molecule has 0 aromatic rings. The van der Waals surface area contributed by atoms with Gasteiger partial charge < -0.3 is 4.74 Å². The van der Waals surface area contributed by atoms with Crippen molar-refractivity contribution in [3.63, 3.8) is 0 Å². The zero-order chi connectivity index (χ0) is 8.98. The molecular formula is C10H14O2. The third-order valence-electron chi connectivity index (χ3n) is 3.42. The largest absolute Gasteiger partial charge is 0.454 e. The first-order valence-corrected chi connectivity index (χ1v) is 4.37. The Morgan fingerprint density at radius 3 is 2.67 bits per heavy atom. The Morgan fingerprint density at radius 1 is 1.67 bits per heavy atom. The Morgan fingerprint density at radius 2 is 2.33 bits per heavy atom. The van der Waals surface area contributed by atoms with Crippen LogP contribution in [0.2, 0.25) is 0 Å². The van der Waals surface area contributed by atoms with E-state index in [4.69, 9.17) is 4.74 Å². The van der Waals surface area contributed by atoms with Crippen molar-refractivity contribution in [1.82, 2.24) is 0 Å². The summed E-state index contributed by atoms with van der Waals surface area (Å²) in [4.78, 5) is 11.1. The van der Waals surface area contributed by atoms with E-state index in [-0.39, 0.29) is 17.0 Å². The van der Waals surface area contributed by atoms with Gasteiger partial charge in [0.05, 0.1) is 6.42 Å². The van der Waals surface area contributed by atoms with E-state index < -0.39 is 0 Å². The Bertz CT molecular complexity index is 255. The van der Waals surface area contributed by atoms with Gasteiger partial charge in [0.1, 0.15) is 5.60 Å². The Labute approximate surface area is 72.6 Å². The molecular weight excluding hydrogens is 152 g/mol. The van der Waals surface area contributed by atoms with Crippen molar-refractivity contribution in [2.45, 2.75) is 32.3 Å². The molecule has 1 aliphatic carbocycles. The van der Waals surface area contributed by atoms with E-state index in [1.54, 1.807) is 0 Å². The van der Waals surface area contributed by atoms with E-state index >= 15 is 0 Å². The number of esters is 1. The van der Waals surface area contributed by atoms with Gasteiger partial charge in [-0.15, -0.1) is 0 Å². The van der Waals surface area contributed by atoms with Crippen LogP contribution in [0.25, 0.3) is 0 Å². The molecule has 1 saturated carbocycles. The van der Waals surface area contributed by atoms with Crippen molar-refractivity contribution < 1.29 is 9.53 Å². The van der Waals surface area contributed by atoms with Gasteiger partial charge in [-0.3, -0.25) is 4.79 Å². The van der Waals surface area contributed by atoms with Gasteiger partial charge in [-0.2, -0.15) is 0 Å². The smallest absolute Gasteiger partial charge is 0.307 e. The quantitative estimate of drug-likeness (QED) is 0.439. The molecule has 0 bridgehead atoms. The van der Waals surface area contributed by atoms with Crippen LogP contribution in [0.5, 0.6) is 0 Å². The molecule has 2 atom stereocenters. The van der Waals surface area contributed by atoms with Crippen molar-refractivity contribution in [2.75, 3.05) is 0 Å². The van der Waals surface area contributed by atoms with Crippen molar-refractivity contribution in [3.05, 3.63) is 12.7 Å². The lowest BCUT2D eigenvalue weighted by molar-refractivity contribution is -0.172. The zero-order valence-corrected chi connectivity index (χ0v) is 7.59. The van der Waals surface area contributed by atoms with Crippen molar-refractivity contribution in [3.8, 4) is 0 Å². The molecule has 66 valence electrons. The van der Waals surface area contributed by atoms with E-state index in [0.29, 0.717) is 12.3 Å². The van der Waals surface area contributed by atoms with E-state index in [9.17, 15) is 4.79 Å². The second-order valence-electron chi connectivity index (χ2n) is 4.46. The Kier molecular flexibility index (Phi) is 1.26. The summed E-state index contributed by atoms with van der Waals surface area (Å²) < 4.78 is 5.36. The summed E-state index contributed by atoms with van der Waals surface area (Å²) in [6, 6.07) is 0. The lowest BCUT2D eigenvalue weighted by Gasteiger charge is -2.54. The van der Waals surface area contributed by atoms with Gasteiger partial charge in [-0.1, -0.05) is 20.4 Å². The van der Waals surface area contributed by atoms with Crippen molar-refractivity contribution >= 4 is 5.97 Å². The van der Waals surface area contributed by atoms with E-state index in [1.807, 2.05) is 6.08 Å². The Balaban J connectivity index is 2.35. The molecule has 2 fully saturated rings. The van der Waals surface area contributed by atoms with Crippen LogP contribution < -0.4 is 0 Å². The molecule has 2 nitrogen and oxygen atoms in total. The van der Waals surface area contributed by atoms with E-state index in [2.05, 4.69) is 20.4 Å². The third kappa shape index (κ3) is 0.637. The number of rotatable bonds is 1. The molecule has 12 heavy (non-hydrogen) atoms. The van der Waals surface area contributed by atoms with Crippen LogP contribution in [-0.4, -0.2) is 11.6 Å². The first-order valence-electron chi connectivity index (χ1n) is 4.37. The fourth-order valence-corrected chi connectivity index (χ4v) is 2.71. The van der Waals surface area contributed by atoms with Crippen LogP contribution in [0.15, 0.2) is 12.7 Å². The molecule has 2 rings (SSSR count). The molecule has 0 amide bonds. The highest BCUT2D eigenvalue weighted by molar-refractivity contribution is 5.74. The predicted octanol–water partition coefficient (Wildman–Crippen LogP) is 1.90. The number of ether oxygens (including phenoxy) is 1. The van der Waals surface area contributed by atoms with Crippen LogP contribution in [0, 0.1) is 11.3 Å². The van der Waals surface area contributed by atoms with Crippen LogP contribution in [0.1, 0.15) is 26.7 Å².